The normalized spacial score (nSPS) is 12.3. The molecule has 0 saturated heterocycles. The Morgan fingerprint density at radius 1 is 1.00 bits per heavy atom. The molecule has 2 rings (SSSR count). The number of ketones is 1. The van der Waals surface area contributed by atoms with Crippen molar-refractivity contribution in [2.24, 2.45) is 0 Å². The summed E-state index contributed by atoms with van der Waals surface area (Å²) in [7, 11) is 1.00. The molecule has 0 aliphatic carbocycles. The molecule has 3 atom stereocenters. The molecule has 0 amide bonds. The van der Waals surface area contributed by atoms with Gasteiger partial charge in [0.25, 0.3) is 11.1 Å². The second-order valence-electron chi connectivity index (χ2n) is 6.43. The SMILES string of the molecule is CCC(C(C)=O)n1ccc(Br)cc1=O.CCC(C(C)O)n1ccc(Br)cc1=O.CO.[B].[H-].[Na+]. The van der Waals surface area contributed by atoms with Crippen molar-refractivity contribution < 1.29 is 46.0 Å². The zero-order chi connectivity index (χ0) is 23.4. The van der Waals surface area contributed by atoms with Crippen molar-refractivity contribution in [3.63, 3.8) is 0 Å². The third-order valence-electron chi connectivity index (χ3n) is 4.34. The summed E-state index contributed by atoms with van der Waals surface area (Å²) in [6.07, 6.45) is 4.20. The van der Waals surface area contributed by atoms with Crippen LogP contribution in [0, 0.1) is 0 Å². The van der Waals surface area contributed by atoms with E-state index in [1.54, 1.807) is 36.0 Å². The Hall–Kier alpha value is -0.485. The first-order valence-corrected chi connectivity index (χ1v) is 11.1. The minimum atomic E-state index is -0.515. The maximum absolute atomic E-state index is 11.6. The van der Waals surface area contributed by atoms with E-state index in [0.29, 0.717) is 6.42 Å². The molecule has 0 aliphatic rings. The summed E-state index contributed by atoms with van der Waals surface area (Å²) in [6, 6.07) is 6.04. The van der Waals surface area contributed by atoms with Crippen molar-refractivity contribution in [2.75, 3.05) is 7.11 Å². The first kappa shape index (κ1) is 36.1. The van der Waals surface area contributed by atoms with Crippen molar-refractivity contribution in [1.29, 1.82) is 0 Å². The Balaban J connectivity index is -0.000000218. The predicted molar refractivity (Wildman–Crippen MR) is 133 cm³/mol. The third-order valence-corrected chi connectivity index (χ3v) is 5.33. The zero-order valence-corrected chi connectivity index (χ0v) is 24.6. The molecule has 7 nitrogen and oxygen atoms in total. The monoisotopic (exact) mass is 583 g/mol. The molecule has 0 fully saturated rings. The molecule has 173 valence electrons. The molecular weight excluding hydrogens is 554 g/mol. The van der Waals surface area contributed by atoms with Gasteiger partial charge in [-0.15, -0.1) is 0 Å². The maximum atomic E-state index is 11.6. The fourth-order valence-corrected chi connectivity index (χ4v) is 3.54. The van der Waals surface area contributed by atoms with Crippen LogP contribution in [0.5, 0.6) is 0 Å². The van der Waals surface area contributed by atoms with Gasteiger partial charge in [0.15, 0.2) is 5.78 Å². The van der Waals surface area contributed by atoms with Gasteiger partial charge in [-0.1, -0.05) is 45.7 Å². The van der Waals surface area contributed by atoms with Crippen molar-refractivity contribution in [2.45, 2.75) is 58.7 Å². The Kier molecular flexibility index (Phi) is 21.3. The van der Waals surface area contributed by atoms with E-state index in [0.717, 1.165) is 22.5 Å². The quantitative estimate of drug-likeness (QED) is 0.480. The number of aliphatic hydroxyl groups is 2. The summed E-state index contributed by atoms with van der Waals surface area (Å²) in [5, 5.41) is 16.5. The maximum Gasteiger partial charge on any atom is 1.00 e. The van der Waals surface area contributed by atoms with Crippen molar-refractivity contribution in [3.8, 4) is 0 Å². The van der Waals surface area contributed by atoms with Gasteiger partial charge in [0.2, 0.25) is 0 Å². The van der Waals surface area contributed by atoms with Gasteiger partial charge < -0.3 is 20.8 Å². The molecule has 0 bridgehead atoms. The molecule has 2 heterocycles. The second-order valence-corrected chi connectivity index (χ2v) is 8.26. The summed E-state index contributed by atoms with van der Waals surface area (Å²) in [5.74, 6) is 0.0110. The van der Waals surface area contributed by atoms with E-state index >= 15 is 0 Å². The second kappa shape index (κ2) is 18.9. The molecule has 0 saturated carbocycles. The van der Waals surface area contributed by atoms with Crippen LogP contribution in [0.1, 0.15) is 54.0 Å². The summed E-state index contributed by atoms with van der Waals surface area (Å²) >= 11 is 6.43. The molecule has 11 heteroatoms. The summed E-state index contributed by atoms with van der Waals surface area (Å²) in [4.78, 5) is 34.3. The van der Waals surface area contributed by atoms with Crippen LogP contribution in [0.4, 0.5) is 0 Å². The largest absolute Gasteiger partial charge is 1.00 e. The van der Waals surface area contributed by atoms with Crippen LogP contribution in [-0.2, 0) is 4.79 Å². The average Bonchev–Trinajstić information content (AvgIpc) is 2.68. The number of hydrogen-bond acceptors (Lipinski definition) is 5. The molecule has 2 aromatic rings. The fourth-order valence-electron chi connectivity index (χ4n) is 2.91. The van der Waals surface area contributed by atoms with Gasteiger partial charge in [0.05, 0.1) is 18.2 Å². The molecule has 3 unspecified atom stereocenters. The van der Waals surface area contributed by atoms with Gasteiger partial charge in [-0.25, -0.2) is 0 Å². The minimum Gasteiger partial charge on any atom is -1.00 e. The van der Waals surface area contributed by atoms with Gasteiger partial charge in [0.1, 0.15) is 0 Å². The van der Waals surface area contributed by atoms with E-state index < -0.39 is 6.10 Å². The Bertz CT molecular complexity index is 928. The van der Waals surface area contributed by atoms with E-state index in [2.05, 4.69) is 31.9 Å². The Morgan fingerprint density at radius 2 is 1.41 bits per heavy atom. The van der Waals surface area contributed by atoms with Crippen LogP contribution in [0.3, 0.4) is 0 Å². The summed E-state index contributed by atoms with van der Waals surface area (Å²) in [6.45, 7) is 7.04. The average molecular weight is 585 g/mol. The predicted octanol–water partition coefficient (Wildman–Crippen LogP) is 0.438. The van der Waals surface area contributed by atoms with Crippen LogP contribution < -0.4 is 40.7 Å². The van der Waals surface area contributed by atoms with Crippen LogP contribution in [0.2, 0.25) is 0 Å². The molecule has 32 heavy (non-hydrogen) atoms. The topological polar surface area (TPSA) is 102 Å². The first-order valence-electron chi connectivity index (χ1n) is 9.50. The van der Waals surface area contributed by atoms with E-state index in [4.69, 9.17) is 5.11 Å². The molecule has 0 aromatic carbocycles. The number of rotatable bonds is 6. The number of Topliss-reactive ketones (excluding diaryl/α,β-unsaturated/α-hetero) is 1. The summed E-state index contributed by atoms with van der Waals surface area (Å²) < 4.78 is 4.53. The third kappa shape index (κ3) is 11.6. The van der Waals surface area contributed by atoms with Crippen LogP contribution in [0.25, 0.3) is 0 Å². The number of aromatic nitrogens is 2. The first-order chi connectivity index (χ1) is 14.1. The van der Waals surface area contributed by atoms with E-state index in [9.17, 15) is 19.5 Å². The smallest absolute Gasteiger partial charge is 1.00 e. The van der Waals surface area contributed by atoms with Crippen molar-refractivity contribution in [3.05, 3.63) is 66.3 Å². The van der Waals surface area contributed by atoms with Gasteiger partial charge in [-0.3, -0.25) is 14.4 Å². The number of hydrogen-bond donors (Lipinski definition) is 2. The summed E-state index contributed by atoms with van der Waals surface area (Å²) in [5.41, 5.74) is -0.242. The fraction of sp³-hybridized carbons (Fsp3) is 0.476. The molecule has 3 radical (unpaired) electrons. The van der Waals surface area contributed by atoms with Gasteiger partial charge in [-0.05, 0) is 38.8 Å². The van der Waals surface area contributed by atoms with E-state index in [-0.39, 0.29) is 68.4 Å². The molecular formula is C21H31BBr2N2NaO5. The number of nitrogens with zero attached hydrogens (tertiary/aromatic N) is 2. The van der Waals surface area contributed by atoms with Gasteiger partial charge >= 0.3 is 29.6 Å². The zero-order valence-electron chi connectivity index (χ0n) is 20.5. The van der Waals surface area contributed by atoms with Crippen LogP contribution in [0.15, 0.2) is 55.2 Å². The van der Waals surface area contributed by atoms with Crippen LogP contribution in [-0.4, -0.2) is 46.8 Å². The van der Waals surface area contributed by atoms with Crippen LogP contribution >= 0.6 is 31.9 Å². The Morgan fingerprint density at radius 3 is 1.69 bits per heavy atom. The minimum absolute atomic E-state index is 0. The number of halogens is 2. The molecule has 0 spiro atoms. The number of pyridine rings is 2. The van der Waals surface area contributed by atoms with Gasteiger partial charge in [-0.2, -0.15) is 0 Å². The Labute approximate surface area is 231 Å². The van der Waals surface area contributed by atoms with Crippen molar-refractivity contribution in [1.82, 2.24) is 9.13 Å². The van der Waals surface area contributed by atoms with Crippen molar-refractivity contribution >= 4 is 46.1 Å². The number of carbonyl (C=O) groups excluding carboxylic acids is 1. The van der Waals surface area contributed by atoms with E-state index in [1.807, 2.05) is 13.8 Å². The van der Waals surface area contributed by atoms with E-state index in [1.165, 1.54) is 23.6 Å². The van der Waals surface area contributed by atoms with Gasteiger partial charge in [0, 0.05) is 49.0 Å². The number of carbonyl (C=O) groups is 1. The molecule has 2 N–H and O–H groups in total. The molecule has 0 aliphatic heterocycles. The standard InChI is InChI=1S/C10H14BrNO2.C10H12BrNO2.CH4O.B.Na.H/c2*1-3-9(7(2)13)12-5-4-8(11)6-10(12)14;1-2;;;/h4-7,9,13H,3H2,1-2H3;4-6,9H,3H2,1-2H3;2H,1H3;;;/q;;;;+1;-1. The number of aliphatic hydroxyl groups excluding tert-OH is 2. The molecule has 2 aromatic heterocycles.